The third-order valence-corrected chi connectivity index (χ3v) is 6.53. The Balaban J connectivity index is 1.45. The van der Waals surface area contributed by atoms with Crippen molar-refractivity contribution >= 4 is 22.9 Å². The Morgan fingerprint density at radius 2 is 1.86 bits per heavy atom. The molecule has 1 aromatic carbocycles. The zero-order valence-electron chi connectivity index (χ0n) is 20.6. The molecule has 5 rings (SSSR count). The Bertz CT molecular complexity index is 1430. The van der Waals surface area contributed by atoms with Gasteiger partial charge in [0.15, 0.2) is 11.3 Å². The van der Waals surface area contributed by atoms with E-state index in [9.17, 15) is 14.0 Å². The molecule has 0 aliphatic carbocycles. The number of H-pyrrole nitrogens is 1. The summed E-state index contributed by atoms with van der Waals surface area (Å²) in [7, 11) is 0. The predicted molar refractivity (Wildman–Crippen MR) is 131 cm³/mol. The van der Waals surface area contributed by atoms with Gasteiger partial charge < -0.3 is 19.2 Å². The second-order valence-electron chi connectivity index (χ2n) is 9.92. The molecule has 1 saturated heterocycles. The van der Waals surface area contributed by atoms with Gasteiger partial charge in [-0.15, -0.1) is 10.2 Å². The van der Waals surface area contributed by atoms with Crippen LogP contribution in [0.1, 0.15) is 60.4 Å². The molecule has 10 heteroatoms. The molecule has 1 aliphatic rings. The fraction of sp³-hybridized carbons (Fsp3) is 0.346. The van der Waals surface area contributed by atoms with Crippen LogP contribution in [0, 0.1) is 5.82 Å². The van der Waals surface area contributed by atoms with Gasteiger partial charge >= 0.3 is 0 Å². The molecule has 9 nitrogen and oxygen atoms in total. The number of benzene rings is 1. The van der Waals surface area contributed by atoms with Gasteiger partial charge in [-0.1, -0.05) is 13.8 Å². The summed E-state index contributed by atoms with van der Waals surface area (Å²) >= 11 is 0. The second kappa shape index (κ2) is 8.85. The van der Waals surface area contributed by atoms with E-state index in [2.05, 4.69) is 15.2 Å². The van der Waals surface area contributed by atoms with Gasteiger partial charge in [-0.3, -0.25) is 9.59 Å². The number of amides is 2. The summed E-state index contributed by atoms with van der Waals surface area (Å²) in [5.41, 5.74) is 2.88. The van der Waals surface area contributed by atoms with Crippen molar-refractivity contribution in [2.45, 2.75) is 39.2 Å². The predicted octanol–water partition coefficient (Wildman–Crippen LogP) is 4.25. The summed E-state index contributed by atoms with van der Waals surface area (Å²) in [6.45, 7) is 8.95. The first-order chi connectivity index (χ1) is 17.1. The fourth-order valence-corrected chi connectivity index (χ4v) is 4.65. The molecule has 2 amide bonds. The number of carbonyl (C=O) groups is 2. The second-order valence-corrected chi connectivity index (χ2v) is 9.92. The van der Waals surface area contributed by atoms with Crippen LogP contribution < -0.4 is 0 Å². The quantitative estimate of drug-likeness (QED) is 0.458. The molecule has 3 aromatic heterocycles. The lowest BCUT2D eigenvalue weighted by molar-refractivity contribution is 0.0146. The van der Waals surface area contributed by atoms with Crippen LogP contribution in [-0.4, -0.2) is 67.0 Å². The van der Waals surface area contributed by atoms with E-state index in [1.54, 1.807) is 28.0 Å². The van der Waals surface area contributed by atoms with Crippen LogP contribution in [0.2, 0.25) is 0 Å². The number of piperazine rings is 1. The first kappa shape index (κ1) is 23.7. The minimum Gasteiger partial charge on any atom is -0.449 e. The van der Waals surface area contributed by atoms with Crippen molar-refractivity contribution in [1.82, 2.24) is 30.0 Å². The van der Waals surface area contributed by atoms with E-state index in [4.69, 9.17) is 9.40 Å². The number of pyridine rings is 1. The number of hydrogen-bond acceptors (Lipinski definition) is 6. The lowest BCUT2D eigenvalue weighted by Gasteiger charge is -2.46. The SMILES string of the molecule is CC(C)c1cc(-c2ccc(F)cc2)nc2cc(C(=O)N3CCN(C(=O)c4nnc[nH]4)CC3(C)C)oc12. The highest BCUT2D eigenvalue weighted by atomic mass is 19.1. The topological polar surface area (TPSA) is 108 Å². The zero-order valence-corrected chi connectivity index (χ0v) is 20.6. The number of hydrogen-bond donors (Lipinski definition) is 1. The van der Waals surface area contributed by atoms with Gasteiger partial charge in [-0.05, 0) is 50.1 Å². The van der Waals surface area contributed by atoms with E-state index in [-0.39, 0.29) is 35.1 Å². The molecular weight excluding hydrogens is 463 g/mol. The average molecular weight is 491 g/mol. The summed E-state index contributed by atoms with van der Waals surface area (Å²) in [4.78, 5) is 37.2. The van der Waals surface area contributed by atoms with E-state index in [1.807, 2.05) is 33.8 Å². The van der Waals surface area contributed by atoms with Crippen molar-refractivity contribution in [3.63, 3.8) is 0 Å². The maximum atomic E-state index is 13.6. The number of nitrogens with zero attached hydrogens (tertiary/aromatic N) is 5. The molecular formula is C26H27FN6O3. The molecule has 0 radical (unpaired) electrons. The van der Waals surface area contributed by atoms with E-state index in [0.29, 0.717) is 36.4 Å². The van der Waals surface area contributed by atoms with Crippen LogP contribution in [-0.2, 0) is 0 Å². The number of nitrogens with one attached hydrogen (secondary N) is 1. The van der Waals surface area contributed by atoms with Gasteiger partial charge in [0.2, 0.25) is 5.82 Å². The monoisotopic (exact) mass is 490 g/mol. The largest absolute Gasteiger partial charge is 0.449 e. The molecule has 1 aliphatic heterocycles. The molecule has 4 aromatic rings. The maximum absolute atomic E-state index is 13.6. The molecule has 36 heavy (non-hydrogen) atoms. The molecule has 186 valence electrons. The summed E-state index contributed by atoms with van der Waals surface area (Å²) in [6.07, 6.45) is 1.36. The van der Waals surface area contributed by atoms with Crippen LogP contribution in [0.5, 0.6) is 0 Å². The van der Waals surface area contributed by atoms with E-state index in [0.717, 1.165) is 11.1 Å². The first-order valence-electron chi connectivity index (χ1n) is 11.8. The molecule has 1 fully saturated rings. The molecule has 0 bridgehead atoms. The highest BCUT2D eigenvalue weighted by molar-refractivity contribution is 5.97. The zero-order chi connectivity index (χ0) is 25.6. The number of aromatic nitrogens is 4. The van der Waals surface area contributed by atoms with Gasteiger partial charge in [-0.2, -0.15) is 0 Å². The summed E-state index contributed by atoms with van der Waals surface area (Å²) in [5.74, 6) is -0.347. The van der Waals surface area contributed by atoms with Gasteiger partial charge in [0.25, 0.3) is 11.8 Å². The minimum absolute atomic E-state index is 0.117. The van der Waals surface area contributed by atoms with Gasteiger partial charge in [0, 0.05) is 36.8 Å². The Kier molecular flexibility index (Phi) is 5.82. The molecule has 0 saturated carbocycles. The minimum atomic E-state index is -0.641. The van der Waals surface area contributed by atoms with Crippen LogP contribution >= 0.6 is 0 Å². The highest BCUT2D eigenvalue weighted by Gasteiger charge is 2.40. The third-order valence-electron chi connectivity index (χ3n) is 6.53. The Labute approximate surface area is 207 Å². The van der Waals surface area contributed by atoms with Gasteiger partial charge in [0.1, 0.15) is 17.7 Å². The number of rotatable bonds is 4. The van der Waals surface area contributed by atoms with Crippen molar-refractivity contribution in [2.24, 2.45) is 0 Å². The molecule has 0 unspecified atom stereocenters. The first-order valence-corrected chi connectivity index (χ1v) is 11.8. The number of carbonyl (C=O) groups excluding carboxylic acids is 2. The standard InChI is InChI=1S/C26H27FN6O3/c1-15(2)18-11-19(16-5-7-17(27)8-6-16)30-20-12-21(36-22(18)20)24(34)33-10-9-32(13-26(33,3)4)25(35)23-28-14-29-31-23/h5-8,11-12,14-15H,9-10,13H2,1-4H3,(H,28,29,31). The van der Waals surface area contributed by atoms with Crippen molar-refractivity contribution in [1.29, 1.82) is 0 Å². The number of furan rings is 1. The Morgan fingerprint density at radius 1 is 1.11 bits per heavy atom. The van der Waals surface area contributed by atoms with E-state index >= 15 is 0 Å². The van der Waals surface area contributed by atoms with E-state index in [1.165, 1.54) is 18.5 Å². The van der Waals surface area contributed by atoms with E-state index < -0.39 is 5.54 Å². The third kappa shape index (κ3) is 4.23. The Morgan fingerprint density at radius 3 is 2.50 bits per heavy atom. The number of fused-ring (bicyclic) bond motifs is 1. The molecule has 0 spiro atoms. The Hall–Kier alpha value is -4.08. The number of halogens is 1. The summed E-state index contributed by atoms with van der Waals surface area (Å²) in [5, 5.41) is 7.48. The molecule has 1 N–H and O–H groups in total. The van der Waals surface area contributed by atoms with Crippen molar-refractivity contribution in [2.75, 3.05) is 19.6 Å². The highest BCUT2D eigenvalue weighted by Crippen LogP contribution is 2.33. The molecule has 4 heterocycles. The van der Waals surface area contributed by atoms with Crippen LogP contribution in [0.3, 0.4) is 0 Å². The van der Waals surface area contributed by atoms with Crippen molar-refractivity contribution in [3.05, 3.63) is 65.7 Å². The van der Waals surface area contributed by atoms with Crippen molar-refractivity contribution in [3.8, 4) is 11.3 Å². The average Bonchev–Trinajstić information content (AvgIpc) is 3.52. The summed E-state index contributed by atoms with van der Waals surface area (Å²) < 4.78 is 19.5. The van der Waals surface area contributed by atoms with Crippen LogP contribution in [0.15, 0.2) is 47.1 Å². The smallest absolute Gasteiger partial charge is 0.291 e. The maximum Gasteiger partial charge on any atom is 0.291 e. The lowest BCUT2D eigenvalue weighted by Crippen LogP contribution is -2.62. The van der Waals surface area contributed by atoms with Crippen molar-refractivity contribution < 1.29 is 18.4 Å². The van der Waals surface area contributed by atoms with Crippen LogP contribution in [0.4, 0.5) is 4.39 Å². The fourth-order valence-electron chi connectivity index (χ4n) is 4.65. The summed E-state index contributed by atoms with van der Waals surface area (Å²) in [6, 6.07) is 9.75. The lowest BCUT2D eigenvalue weighted by atomic mass is 9.98. The molecule has 0 atom stereocenters. The van der Waals surface area contributed by atoms with Gasteiger partial charge in [-0.25, -0.2) is 9.37 Å². The number of aromatic amines is 1. The normalized spacial score (nSPS) is 15.6. The van der Waals surface area contributed by atoms with Gasteiger partial charge in [0.05, 0.1) is 11.2 Å². The van der Waals surface area contributed by atoms with Crippen LogP contribution in [0.25, 0.3) is 22.4 Å².